The monoisotopic (exact) mass is 238 g/mol. The van der Waals surface area contributed by atoms with Crippen LogP contribution in [0.4, 0.5) is 11.4 Å². The number of benzene rings is 1. The number of nitro groups is 2. The number of non-ortho nitro benzene ring substituents is 1. The van der Waals surface area contributed by atoms with Crippen LogP contribution in [0.2, 0.25) is 0 Å². The molecule has 90 valence electrons. The topological polar surface area (TPSA) is 107 Å². The third-order valence-electron chi connectivity index (χ3n) is 2.35. The molecule has 1 aromatic carbocycles. The molecule has 0 amide bonds. The quantitative estimate of drug-likeness (QED) is 0.490. The van der Waals surface area contributed by atoms with Gasteiger partial charge in [-0.25, -0.2) is 0 Å². The minimum absolute atomic E-state index is 0.112. The predicted molar refractivity (Wildman–Crippen MR) is 59.6 cm³/mol. The van der Waals surface area contributed by atoms with E-state index in [1.165, 1.54) is 6.92 Å². The number of aliphatic hydroxyl groups excluding tert-OH is 1. The smallest absolute Gasteiger partial charge is 0.279 e. The fourth-order valence-electron chi connectivity index (χ4n) is 1.43. The lowest BCUT2D eigenvalue weighted by Gasteiger charge is -2.09. The number of hydrogen-bond acceptors (Lipinski definition) is 5. The third-order valence-corrected chi connectivity index (χ3v) is 2.35. The number of hydrogen-bond donors (Lipinski definition) is 1. The van der Waals surface area contributed by atoms with Crippen molar-refractivity contribution in [3.63, 3.8) is 0 Å². The van der Waals surface area contributed by atoms with E-state index >= 15 is 0 Å². The van der Waals surface area contributed by atoms with Gasteiger partial charge in [0.1, 0.15) is 0 Å². The molecule has 0 spiro atoms. The molecule has 0 aliphatic carbocycles. The molecule has 0 saturated carbocycles. The van der Waals surface area contributed by atoms with E-state index in [1.54, 1.807) is 0 Å². The maximum absolute atomic E-state index is 10.7. The van der Waals surface area contributed by atoms with E-state index in [1.807, 2.05) is 0 Å². The highest BCUT2D eigenvalue weighted by molar-refractivity contribution is 5.54. The Hall–Kier alpha value is -2.28. The van der Waals surface area contributed by atoms with Gasteiger partial charge < -0.3 is 5.11 Å². The Morgan fingerprint density at radius 1 is 1.35 bits per heavy atom. The highest BCUT2D eigenvalue weighted by Gasteiger charge is 2.23. The van der Waals surface area contributed by atoms with Crippen molar-refractivity contribution >= 4 is 11.4 Å². The predicted octanol–water partition coefficient (Wildman–Crippen LogP) is 2.03. The van der Waals surface area contributed by atoms with Crippen LogP contribution < -0.4 is 0 Å². The summed E-state index contributed by atoms with van der Waals surface area (Å²) < 4.78 is 0. The van der Waals surface area contributed by atoms with Gasteiger partial charge in [0.15, 0.2) is 0 Å². The van der Waals surface area contributed by atoms with Gasteiger partial charge in [0.2, 0.25) is 0 Å². The van der Waals surface area contributed by atoms with Gasteiger partial charge in [0.05, 0.1) is 22.0 Å². The molecule has 17 heavy (non-hydrogen) atoms. The zero-order valence-electron chi connectivity index (χ0n) is 8.99. The van der Waals surface area contributed by atoms with Crippen LogP contribution in [0.1, 0.15) is 17.2 Å². The summed E-state index contributed by atoms with van der Waals surface area (Å²) in [6.45, 7) is 4.76. The zero-order valence-corrected chi connectivity index (χ0v) is 8.99. The Morgan fingerprint density at radius 2 is 1.94 bits per heavy atom. The average molecular weight is 238 g/mol. The molecule has 0 aliphatic heterocycles. The molecule has 0 heterocycles. The molecule has 0 saturated heterocycles. The highest BCUT2D eigenvalue weighted by atomic mass is 16.6. The largest absolute Gasteiger partial charge is 0.384 e. The fourth-order valence-corrected chi connectivity index (χ4v) is 1.43. The first-order chi connectivity index (χ1) is 7.88. The SMILES string of the molecule is C=CC(O)c1cc([N+](=O)[O-])cc([N+](=O)[O-])c1C. The lowest BCUT2D eigenvalue weighted by Crippen LogP contribution is -2.02. The molecule has 0 aromatic heterocycles. The molecule has 1 N–H and O–H groups in total. The summed E-state index contributed by atoms with van der Waals surface area (Å²) in [6, 6.07) is 1.98. The van der Waals surface area contributed by atoms with Crippen LogP contribution in [-0.2, 0) is 0 Å². The Morgan fingerprint density at radius 3 is 2.35 bits per heavy atom. The van der Waals surface area contributed by atoms with Crippen LogP contribution in [0, 0.1) is 27.2 Å². The molecule has 0 bridgehead atoms. The van der Waals surface area contributed by atoms with Gasteiger partial charge >= 0.3 is 0 Å². The molecule has 0 fully saturated rings. The van der Waals surface area contributed by atoms with E-state index in [0.717, 1.165) is 18.2 Å². The number of nitrogens with zero attached hydrogens (tertiary/aromatic N) is 2. The van der Waals surface area contributed by atoms with Crippen molar-refractivity contribution in [3.05, 3.63) is 56.1 Å². The van der Waals surface area contributed by atoms with Crippen molar-refractivity contribution in [3.8, 4) is 0 Å². The first-order valence-electron chi connectivity index (χ1n) is 4.62. The van der Waals surface area contributed by atoms with Crippen LogP contribution in [0.5, 0.6) is 0 Å². The number of aliphatic hydroxyl groups is 1. The van der Waals surface area contributed by atoms with Gasteiger partial charge in [-0.2, -0.15) is 0 Å². The molecule has 7 heteroatoms. The van der Waals surface area contributed by atoms with Gasteiger partial charge in [0, 0.05) is 17.2 Å². The molecule has 1 rings (SSSR count). The van der Waals surface area contributed by atoms with Crippen LogP contribution in [0.3, 0.4) is 0 Å². The summed E-state index contributed by atoms with van der Waals surface area (Å²) in [5.41, 5.74) is -0.526. The Labute approximate surface area is 96.3 Å². The van der Waals surface area contributed by atoms with Crippen molar-refractivity contribution < 1.29 is 15.0 Å². The van der Waals surface area contributed by atoms with Gasteiger partial charge in [0.25, 0.3) is 11.4 Å². The summed E-state index contributed by atoms with van der Waals surface area (Å²) in [7, 11) is 0. The number of nitro benzene ring substituents is 2. The fraction of sp³-hybridized carbons (Fsp3) is 0.200. The van der Waals surface area contributed by atoms with Crippen molar-refractivity contribution in [2.75, 3.05) is 0 Å². The first kappa shape index (κ1) is 12.8. The van der Waals surface area contributed by atoms with E-state index in [2.05, 4.69) is 6.58 Å². The Kier molecular flexibility index (Phi) is 3.54. The number of rotatable bonds is 4. The molecule has 1 atom stereocenters. The van der Waals surface area contributed by atoms with Crippen molar-refractivity contribution in [1.29, 1.82) is 0 Å². The lowest BCUT2D eigenvalue weighted by atomic mass is 10.0. The van der Waals surface area contributed by atoms with Crippen LogP contribution in [-0.4, -0.2) is 15.0 Å². The van der Waals surface area contributed by atoms with E-state index in [9.17, 15) is 25.3 Å². The van der Waals surface area contributed by atoms with E-state index in [-0.39, 0.29) is 11.1 Å². The second kappa shape index (κ2) is 4.71. The summed E-state index contributed by atoms with van der Waals surface area (Å²) >= 11 is 0. The van der Waals surface area contributed by atoms with Crippen LogP contribution in [0.15, 0.2) is 24.8 Å². The molecule has 1 unspecified atom stereocenters. The Bertz CT molecular complexity index is 498. The highest BCUT2D eigenvalue weighted by Crippen LogP contribution is 2.31. The summed E-state index contributed by atoms with van der Waals surface area (Å²) in [4.78, 5) is 19.9. The van der Waals surface area contributed by atoms with Gasteiger partial charge in [-0.1, -0.05) is 6.08 Å². The van der Waals surface area contributed by atoms with Crippen LogP contribution >= 0.6 is 0 Å². The molecule has 0 aliphatic rings. The van der Waals surface area contributed by atoms with E-state index < -0.39 is 27.3 Å². The second-order valence-electron chi connectivity index (χ2n) is 3.37. The molecule has 7 nitrogen and oxygen atoms in total. The maximum atomic E-state index is 10.7. The van der Waals surface area contributed by atoms with Crippen molar-refractivity contribution in [1.82, 2.24) is 0 Å². The molecule has 1 aromatic rings. The summed E-state index contributed by atoms with van der Waals surface area (Å²) in [6.07, 6.45) is -0.0240. The zero-order chi connectivity index (χ0) is 13.2. The summed E-state index contributed by atoms with van der Waals surface area (Å²) in [5.74, 6) is 0. The van der Waals surface area contributed by atoms with Gasteiger partial charge in [-0.05, 0) is 6.92 Å². The standard InChI is InChI=1S/C10H10N2O5/c1-3-10(13)8-4-7(11(14)15)5-9(6(8)2)12(16)17/h3-5,10,13H,1H2,2H3. The van der Waals surface area contributed by atoms with Crippen molar-refractivity contribution in [2.24, 2.45) is 0 Å². The minimum Gasteiger partial charge on any atom is -0.384 e. The molecule has 0 radical (unpaired) electrons. The van der Waals surface area contributed by atoms with Crippen LogP contribution in [0.25, 0.3) is 0 Å². The second-order valence-corrected chi connectivity index (χ2v) is 3.37. The van der Waals surface area contributed by atoms with Gasteiger partial charge in [-0.15, -0.1) is 6.58 Å². The minimum atomic E-state index is -1.17. The molecular weight excluding hydrogens is 228 g/mol. The maximum Gasteiger partial charge on any atom is 0.279 e. The lowest BCUT2D eigenvalue weighted by molar-refractivity contribution is -0.394. The van der Waals surface area contributed by atoms with E-state index in [4.69, 9.17) is 0 Å². The van der Waals surface area contributed by atoms with E-state index in [0.29, 0.717) is 0 Å². The Balaban J connectivity index is 3.53. The normalized spacial score (nSPS) is 11.9. The third kappa shape index (κ3) is 2.45. The average Bonchev–Trinajstić information content (AvgIpc) is 2.27. The van der Waals surface area contributed by atoms with Crippen molar-refractivity contribution in [2.45, 2.75) is 13.0 Å². The van der Waals surface area contributed by atoms with Gasteiger partial charge in [-0.3, -0.25) is 20.2 Å². The summed E-state index contributed by atoms with van der Waals surface area (Å²) in [5, 5.41) is 30.9. The molecular formula is C10H10N2O5. The first-order valence-corrected chi connectivity index (χ1v) is 4.62.